The summed E-state index contributed by atoms with van der Waals surface area (Å²) >= 11 is 18.8. The molecule has 0 aliphatic heterocycles. The van der Waals surface area contributed by atoms with Crippen LogP contribution >= 0.6 is 34.8 Å². The summed E-state index contributed by atoms with van der Waals surface area (Å²) < 4.78 is 5.57. The Balaban J connectivity index is 1.59. The van der Waals surface area contributed by atoms with Crippen LogP contribution in [-0.2, 0) is 11.3 Å². The molecule has 4 nitrogen and oxygen atoms in total. The lowest BCUT2D eigenvalue weighted by Crippen LogP contribution is -2.20. The van der Waals surface area contributed by atoms with E-state index in [0.717, 1.165) is 16.8 Å². The molecule has 0 saturated carbocycles. The van der Waals surface area contributed by atoms with Crippen molar-refractivity contribution in [3.8, 4) is 5.75 Å². The van der Waals surface area contributed by atoms with E-state index < -0.39 is 0 Å². The number of hydrogen-bond donors (Lipinski definition) is 2. The lowest BCUT2D eigenvalue weighted by molar-refractivity contribution is -0.118. The van der Waals surface area contributed by atoms with Gasteiger partial charge < -0.3 is 15.4 Å². The Kier molecular flexibility index (Phi) is 7.71. The predicted octanol–water partition coefficient (Wildman–Crippen LogP) is 7.20. The maximum atomic E-state index is 12.2. The number of halogens is 3. The summed E-state index contributed by atoms with van der Waals surface area (Å²) in [5.74, 6) is -0.0668. The molecule has 0 bridgehead atoms. The van der Waals surface area contributed by atoms with Crippen molar-refractivity contribution in [1.82, 2.24) is 0 Å². The van der Waals surface area contributed by atoms with Crippen molar-refractivity contribution in [2.45, 2.75) is 27.3 Å². The van der Waals surface area contributed by atoms with Crippen LogP contribution in [0, 0.1) is 20.8 Å². The molecule has 2 N–H and O–H groups in total. The molecule has 3 aromatic rings. The normalized spacial score (nSPS) is 10.6. The topological polar surface area (TPSA) is 50.4 Å². The van der Waals surface area contributed by atoms with Crippen LogP contribution < -0.4 is 15.4 Å². The number of benzene rings is 3. The van der Waals surface area contributed by atoms with Gasteiger partial charge in [0.15, 0.2) is 12.4 Å². The second-order valence-electron chi connectivity index (χ2n) is 7.34. The summed E-state index contributed by atoms with van der Waals surface area (Å²) in [5.41, 5.74) is 5.90. The molecular formula is C24H23Cl3N2O2. The van der Waals surface area contributed by atoms with Crippen LogP contribution in [0.25, 0.3) is 0 Å². The third-order valence-corrected chi connectivity index (χ3v) is 5.83. The summed E-state index contributed by atoms with van der Waals surface area (Å²) in [5, 5.41) is 7.35. The van der Waals surface area contributed by atoms with Gasteiger partial charge >= 0.3 is 0 Å². The van der Waals surface area contributed by atoms with Crippen molar-refractivity contribution in [2.75, 3.05) is 17.2 Å². The molecule has 0 aromatic heterocycles. The minimum absolute atomic E-state index is 0.231. The van der Waals surface area contributed by atoms with Gasteiger partial charge in [0, 0.05) is 22.9 Å². The minimum Gasteiger partial charge on any atom is -0.481 e. The van der Waals surface area contributed by atoms with Crippen molar-refractivity contribution < 1.29 is 9.53 Å². The van der Waals surface area contributed by atoms with E-state index in [2.05, 4.69) is 36.6 Å². The molecular weight excluding hydrogens is 455 g/mol. The van der Waals surface area contributed by atoms with Crippen molar-refractivity contribution in [1.29, 1.82) is 0 Å². The van der Waals surface area contributed by atoms with Crippen molar-refractivity contribution in [2.24, 2.45) is 0 Å². The van der Waals surface area contributed by atoms with E-state index in [1.165, 1.54) is 11.1 Å². The van der Waals surface area contributed by atoms with E-state index in [4.69, 9.17) is 39.5 Å². The first-order valence-corrected chi connectivity index (χ1v) is 10.8. The Morgan fingerprint density at radius 2 is 1.45 bits per heavy atom. The average molecular weight is 478 g/mol. The molecule has 0 spiro atoms. The van der Waals surface area contributed by atoms with Crippen LogP contribution in [0.1, 0.15) is 22.3 Å². The quantitative estimate of drug-likeness (QED) is 0.378. The summed E-state index contributed by atoms with van der Waals surface area (Å²) in [6.45, 7) is 6.36. The monoisotopic (exact) mass is 476 g/mol. The first kappa shape index (κ1) is 23.3. The van der Waals surface area contributed by atoms with Crippen LogP contribution in [0.2, 0.25) is 15.1 Å². The first-order chi connectivity index (χ1) is 14.7. The van der Waals surface area contributed by atoms with E-state index in [-0.39, 0.29) is 18.3 Å². The van der Waals surface area contributed by atoms with Gasteiger partial charge in [-0.25, -0.2) is 0 Å². The van der Waals surface area contributed by atoms with E-state index in [9.17, 15) is 4.79 Å². The van der Waals surface area contributed by atoms with Crippen LogP contribution in [0.15, 0.2) is 48.5 Å². The molecule has 0 aliphatic carbocycles. The highest BCUT2D eigenvalue weighted by molar-refractivity contribution is 6.37. The molecule has 31 heavy (non-hydrogen) atoms. The number of nitrogens with one attached hydrogen (secondary N) is 2. The molecule has 0 radical (unpaired) electrons. The zero-order valence-electron chi connectivity index (χ0n) is 17.5. The van der Waals surface area contributed by atoms with Gasteiger partial charge in [-0.1, -0.05) is 46.9 Å². The lowest BCUT2D eigenvalue weighted by atomic mass is 10.1. The maximum Gasteiger partial charge on any atom is 0.262 e. The maximum absolute atomic E-state index is 12.2. The number of ether oxygens (including phenoxy) is 1. The number of rotatable bonds is 7. The van der Waals surface area contributed by atoms with Crippen LogP contribution in [0.3, 0.4) is 0 Å². The highest BCUT2D eigenvalue weighted by atomic mass is 35.5. The molecule has 162 valence electrons. The van der Waals surface area contributed by atoms with Gasteiger partial charge in [-0.05, 0) is 79.4 Å². The standard InChI is InChI=1S/C24H23Cl3N2O2/c1-14-4-6-18(8-16(14)3)28-12-17-9-21(26)24(22(27)10-17)31-13-23(30)29-19-7-5-15(2)20(25)11-19/h4-11,28H,12-13H2,1-3H3,(H,29,30). The molecule has 0 fully saturated rings. The Hall–Kier alpha value is -2.40. The van der Waals surface area contributed by atoms with Crippen molar-refractivity contribution in [3.05, 3.63) is 85.9 Å². The van der Waals surface area contributed by atoms with Crippen molar-refractivity contribution in [3.63, 3.8) is 0 Å². The zero-order chi connectivity index (χ0) is 22.5. The zero-order valence-corrected chi connectivity index (χ0v) is 19.8. The Morgan fingerprint density at radius 1 is 0.806 bits per heavy atom. The Labute approximate surface area is 197 Å². The molecule has 0 saturated heterocycles. The molecule has 0 aliphatic rings. The van der Waals surface area contributed by atoms with Gasteiger partial charge in [0.2, 0.25) is 0 Å². The average Bonchev–Trinajstić information content (AvgIpc) is 2.71. The van der Waals surface area contributed by atoms with Crippen LogP contribution in [0.4, 0.5) is 11.4 Å². The Bertz CT molecular complexity index is 1090. The van der Waals surface area contributed by atoms with E-state index >= 15 is 0 Å². The molecule has 7 heteroatoms. The van der Waals surface area contributed by atoms with Crippen LogP contribution in [0.5, 0.6) is 5.75 Å². The fraction of sp³-hybridized carbons (Fsp3) is 0.208. The number of carbonyl (C=O) groups is 1. The molecule has 0 unspecified atom stereocenters. The second kappa shape index (κ2) is 10.3. The van der Waals surface area contributed by atoms with Gasteiger partial charge in [0.25, 0.3) is 5.91 Å². The molecule has 3 aromatic carbocycles. The van der Waals surface area contributed by atoms with Crippen LogP contribution in [-0.4, -0.2) is 12.5 Å². The minimum atomic E-state index is -0.340. The van der Waals surface area contributed by atoms with Gasteiger partial charge in [-0.15, -0.1) is 0 Å². The van der Waals surface area contributed by atoms with Gasteiger partial charge in [0.05, 0.1) is 10.0 Å². The number of hydrogen-bond acceptors (Lipinski definition) is 3. The second-order valence-corrected chi connectivity index (χ2v) is 8.56. The van der Waals surface area contributed by atoms with E-state index in [1.54, 1.807) is 24.3 Å². The first-order valence-electron chi connectivity index (χ1n) is 9.71. The summed E-state index contributed by atoms with van der Waals surface area (Å²) in [6, 6.07) is 15.0. The lowest BCUT2D eigenvalue weighted by Gasteiger charge is -2.13. The third kappa shape index (κ3) is 6.30. The fourth-order valence-corrected chi connectivity index (χ4v) is 3.74. The van der Waals surface area contributed by atoms with Gasteiger partial charge in [0.1, 0.15) is 0 Å². The third-order valence-electron chi connectivity index (χ3n) is 4.86. The molecule has 0 heterocycles. The molecule has 0 atom stereocenters. The van der Waals surface area contributed by atoms with E-state index in [1.807, 2.05) is 19.1 Å². The highest BCUT2D eigenvalue weighted by Crippen LogP contribution is 2.34. The summed E-state index contributed by atoms with van der Waals surface area (Å²) in [6.07, 6.45) is 0. The molecule has 3 rings (SSSR count). The van der Waals surface area contributed by atoms with Crippen molar-refractivity contribution >= 4 is 52.1 Å². The van der Waals surface area contributed by atoms with E-state index in [0.29, 0.717) is 27.3 Å². The fourth-order valence-electron chi connectivity index (χ4n) is 2.91. The number of amides is 1. The SMILES string of the molecule is Cc1ccc(NCc2cc(Cl)c(OCC(=O)Nc3ccc(C)c(Cl)c3)c(Cl)c2)cc1C. The summed E-state index contributed by atoms with van der Waals surface area (Å²) in [7, 11) is 0. The van der Waals surface area contributed by atoms with Gasteiger partial charge in [-0.2, -0.15) is 0 Å². The predicted molar refractivity (Wildman–Crippen MR) is 130 cm³/mol. The highest BCUT2D eigenvalue weighted by Gasteiger charge is 2.13. The smallest absolute Gasteiger partial charge is 0.262 e. The summed E-state index contributed by atoms with van der Waals surface area (Å²) in [4.78, 5) is 12.2. The molecule has 1 amide bonds. The Morgan fingerprint density at radius 3 is 2.10 bits per heavy atom. The number of anilines is 2. The number of aryl methyl sites for hydroxylation is 3. The largest absolute Gasteiger partial charge is 0.481 e. The number of carbonyl (C=O) groups excluding carboxylic acids is 1. The van der Waals surface area contributed by atoms with Gasteiger partial charge in [-0.3, -0.25) is 4.79 Å².